The van der Waals surface area contributed by atoms with Gasteiger partial charge in [-0.1, -0.05) is 29.3 Å². The molecule has 0 fully saturated rings. The molecule has 0 saturated heterocycles. The standard InChI is InChI=1S/C21H14Cl2F6N4O4/c1-9(21(27,28)29)37-15-6-14(33-19(35)32-7-20(22,23)8-36-18(32)31-33)13(26)5-10(15)17(34)30-16-11(24)3-2-4-12(16)25/h2-6,9H,7-8H2,1H3,(H,30,34)/t9-/m0/s1. The largest absolute Gasteiger partial charge is 0.480 e. The highest BCUT2D eigenvalue weighted by atomic mass is 35.5. The number of rotatable bonds is 5. The first-order chi connectivity index (χ1) is 17.2. The van der Waals surface area contributed by atoms with E-state index in [9.17, 15) is 31.5 Å². The van der Waals surface area contributed by atoms with Crippen LogP contribution in [0.15, 0.2) is 35.1 Å². The SMILES string of the molecule is C[C@H](Oc1cc(-n2nc3n(c2=O)CC(Cl)(Cl)CO3)c(F)cc1C(=O)Nc1c(F)cccc1F)C(F)(F)F. The summed E-state index contributed by atoms with van der Waals surface area (Å²) in [6, 6.07) is 3.39. The van der Waals surface area contributed by atoms with Crippen molar-refractivity contribution in [3.63, 3.8) is 0 Å². The van der Waals surface area contributed by atoms with Gasteiger partial charge >= 0.3 is 17.9 Å². The summed E-state index contributed by atoms with van der Waals surface area (Å²) < 4.78 is 92.5. The van der Waals surface area contributed by atoms with Crippen LogP contribution in [-0.4, -0.2) is 43.5 Å². The highest BCUT2D eigenvalue weighted by Crippen LogP contribution is 2.33. The van der Waals surface area contributed by atoms with Crippen molar-refractivity contribution in [3.8, 4) is 17.4 Å². The third-order valence-corrected chi connectivity index (χ3v) is 5.58. The lowest BCUT2D eigenvalue weighted by molar-refractivity contribution is -0.189. The number of nitrogens with zero attached hydrogens (tertiary/aromatic N) is 3. The normalized spacial score (nSPS) is 15.5. The molecule has 198 valence electrons. The number of anilines is 1. The zero-order valence-corrected chi connectivity index (χ0v) is 19.9. The number of alkyl halides is 5. The van der Waals surface area contributed by atoms with Gasteiger partial charge in [-0.15, -0.1) is 5.10 Å². The van der Waals surface area contributed by atoms with Gasteiger partial charge in [0.25, 0.3) is 5.91 Å². The molecule has 1 aliphatic rings. The molecule has 37 heavy (non-hydrogen) atoms. The fourth-order valence-corrected chi connectivity index (χ4v) is 3.61. The summed E-state index contributed by atoms with van der Waals surface area (Å²) in [5.41, 5.74) is -3.51. The van der Waals surface area contributed by atoms with Gasteiger partial charge in [-0.3, -0.25) is 4.79 Å². The number of amides is 1. The summed E-state index contributed by atoms with van der Waals surface area (Å²) in [5.74, 6) is -5.96. The van der Waals surface area contributed by atoms with Crippen molar-refractivity contribution in [2.75, 3.05) is 11.9 Å². The first kappa shape index (κ1) is 26.7. The Balaban J connectivity index is 1.81. The average Bonchev–Trinajstić information content (AvgIpc) is 3.11. The molecule has 0 spiro atoms. The van der Waals surface area contributed by atoms with E-state index in [1.807, 2.05) is 5.32 Å². The molecule has 1 N–H and O–H groups in total. The van der Waals surface area contributed by atoms with Crippen LogP contribution in [0, 0.1) is 17.5 Å². The Labute approximate surface area is 213 Å². The van der Waals surface area contributed by atoms with E-state index in [0.717, 1.165) is 22.8 Å². The van der Waals surface area contributed by atoms with Crippen LogP contribution < -0.4 is 20.5 Å². The van der Waals surface area contributed by atoms with Crippen molar-refractivity contribution in [2.45, 2.75) is 30.1 Å². The Morgan fingerprint density at radius 3 is 2.46 bits per heavy atom. The Bertz CT molecular complexity index is 1420. The highest BCUT2D eigenvalue weighted by molar-refractivity contribution is 6.48. The first-order valence-corrected chi connectivity index (χ1v) is 11.0. The number of hydrogen-bond acceptors (Lipinski definition) is 5. The summed E-state index contributed by atoms with van der Waals surface area (Å²) in [5, 5.41) is 5.63. The number of aromatic nitrogens is 3. The lowest BCUT2D eigenvalue weighted by atomic mass is 10.1. The molecule has 0 unspecified atom stereocenters. The quantitative estimate of drug-likeness (QED) is 0.358. The van der Waals surface area contributed by atoms with E-state index in [-0.39, 0.29) is 19.2 Å². The summed E-state index contributed by atoms with van der Waals surface area (Å²) >= 11 is 11.9. The maximum absolute atomic E-state index is 15.1. The minimum Gasteiger partial charge on any atom is -0.480 e. The minimum atomic E-state index is -4.91. The number of halogens is 8. The van der Waals surface area contributed by atoms with E-state index in [1.165, 1.54) is 0 Å². The van der Waals surface area contributed by atoms with Gasteiger partial charge in [0.05, 0.1) is 12.1 Å². The van der Waals surface area contributed by atoms with Gasteiger partial charge in [-0.25, -0.2) is 22.5 Å². The second-order valence-electron chi connectivity index (χ2n) is 7.86. The number of para-hydroxylation sites is 1. The van der Waals surface area contributed by atoms with Crippen molar-refractivity contribution in [1.29, 1.82) is 0 Å². The highest BCUT2D eigenvalue weighted by Gasteiger charge is 2.39. The van der Waals surface area contributed by atoms with E-state index < -0.39 is 68.3 Å². The molecule has 1 aliphatic heterocycles. The van der Waals surface area contributed by atoms with Crippen molar-refractivity contribution < 1.29 is 40.6 Å². The Morgan fingerprint density at radius 2 is 1.84 bits per heavy atom. The molecular weight excluding hydrogens is 557 g/mol. The van der Waals surface area contributed by atoms with Crippen LogP contribution in [0.3, 0.4) is 0 Å². The third-order valence-electron chi connectivity index (χ3n) is 5.12. The Kier molecular flexibility index (Phi) is 6.84. The van der Waals surface area contributed by atoms with Crippen LogP contribution in [0.2, 0.25) is 0 Å². The maximum Gasteiger partial charge on any atom is 0.425 e. The molecule has 2 aromatic carbocycles. The van der Waals surface area contributed by atoms with Gasteiger partial charge in [-0.05, 0) is 25.1 Å². The van der Waals surface area contributed by atoms with E-state index in [4.69, 9.17) is 32.7 Å². The molecule has 0 radical (unpaired) electrons. The maximum atomic E-state index is 15.1. The zero-order valence-electron chi connectivity index (χ0n) is 18.4. The fraction of sp³-hybridized carbons (Fsp3) is 0.286. The summed E-state index contributed by atoms with van der Waals surface area (Å²) in [6.45, 7) is 0.0460. The predicted molar refractivity (Wildman–Crippen MR) is 118 cm³/mol. The Hall–Kier alpha value is -3.39. The van der Waals surface area contributed by atoms with Crippen LogP contribution >= 0.6 is 23.2 Å². The molecule has 1 amide bonds. The van der Waals surface area contributed by atoms with Gasteiger partial charge in [0.15, 0.2) is 10.4 Å². The van der Waals surface area contributed by atoms with Crippen LogP contribution in [0.1, 0.15) is 17.3 Å². The van der Waals surface area contributed by atoms with E-state index in [0.29, 0.717) is 23.7 Å². The predicted octanol–water partition coefficient (Wildman–Crippen LogP) is 4.60. The number of carbonyl (C=O) groups is 1. The molecule has 0 bridgehead atoms. The lowest BCUT2D eigenvalue weighted by Gasteiger charge is -2.24. The van der Waals surface area contributed by atoms with Crippen LogP contribution in [0.25, 0.3) is 5.69 Å². The number of fused-ring (bicyclic) bond motifs is 1. The zero-order chi connectivity index (χ0) is 27.3. The topological polar surface area (TPSA) is 87.4 Å². The van der Waals surface area contributed by atoms with E-state index in [2.05, 4.69) is 5.10 Å². The number of hydrogen-bond donors (Lipinski definition) is 1. The van der Waals surface area contributed by atoms with Crippen LogP contribution in [0.4, 0.5) is 32.0 Å². The number of ether oxygens (including phenoxy) is 2. The fourth-order valence-electron chi connectivity index (χ4n) is 3.26. The van der Waals surface area contributed by atoms with Crippen molar-refractivity contribution in [1.82, 2.24) is 14.3 Å². The monoisotopic (exact) mass is 570 g/mol. The van der Waals surface area contributed by atoms with E-state index in [1.54, 1.807) is 0 Å². The molecule has 16 heteroatoms. The van der Waals surface area contributed by atoms with E-state index >= 15 is 4.39 Å². The molecule has 1 aromatic heterocycles. The Morgan fingerprint density at radius 1 is 1.19 bits per heavy atom. The molecule has 2 heterocycles. The third kappa shape index (κ3) is 5.34. The minimum absolute atomic E-state index is 0.266. The number of benzene rings is 2. The first-order valence-electron chi connectivity index (χ1n) is 10.2. The lowest BCUT2D eigenvalue weighted by Crippen LogP contribution is -2.38. The molecule has 3 aromatic rings. The molecule has 4 rings (SSSR count). The summed E-state index contributed by atoms with van der Waals surface area (Å²) in [6.07, 6.45) is -7.42. The molecule has 1 atom stereocenters. The van der Waals surface area contributed by atoms with Crippen molar-refractivity contribution >= 4 is 34.8 Å². The van der Waals surface area contributed by atoms with Crippen molar-refractivity contribution in [3.05, 3.63) is 63.8 Å². The number of carbonyl (C=O) groups excluding carboxylic acids is 1. The second-order valence-corrected chi connectivity index (χ2v) is 9.50. The van der Waals surface area contributed by atoms with Gasteiger partial charge < -0.3 is 14.8 Å². The molecule has 8 nitrogen and oxygen atoms in total. The molecule has 0 saturated carbocycles. The average molecular weight is 571 g/mol. The van der Waals surface area contributed by atoms with Crippen LogP contribution in [-0.2, 0) is 6.54 Å². The van der Waals surface area contributed by atoms with Crippen LogP contribution in [0.5, 0.6) is 11.8 Å². The molecular formula is C21H14Cl2F6N4O4. The summed E-state index contributed by atoms with van der Waals surface area (Å²) in [7, 11) is 0. The number of nitrogens with one attached hydrogen (secondary N) is 1. The summed E-state index contributed by atoms with van der Waals surface area (Å²) in [4.78, 5) is 25.6. The van der Waals surface area contributed by atoms with Crippen molar-refractivity contribution in [2.24, 2.45) is 0 Å². The van der Waals surface area contributed by atoms with Gasteiger partial charge in [0.2, 0.25) is 0 Å². The van der Waals surface area contributed by atoms with Gasteiger partial charge in [-0.2, -0.15) is 17.9 Å². The van der Waals surface area contributed by atoms with Gasteiger partial charge in [0, 0.05) is 6.07 Å². The molecule has 0 aliphatic carbocycles. The smallest absolute Gasteiger partial charge is 0.425 e. The van der Waals surface area contributed by atoms with Gasteiger partial charge in [0.1, 0.15) is 41.2 Å². The second kappa shape index (κ2) is 9.49.